The van der Waals surface area contributed by atoms with Crippen molar-refractivity contribution in [2.75, 3.05) is 7.05 Å². The molecule has 5 heteroatoms. The maximum atomic E-state index is 12.4. The van der Waals surface area contributed by atoms with E-state index in [4.69, 9.17) is 5.41 Å². The van der Waals surface area contributed by atoms with Gasteiger partial charge in [0.15, 0.2) is 0 Å². The smallest absolute Gasteiger partial charge is 0.255 e. The van der Waals surface area contributed by atoms with E-state index in [1.165, 1.54) is 30.4 Å². The van der Waals surface area contributed by atoms with Crippen LogP contribution in [-0.4, -0.2) is 31.3 Å². The molecule has 1 amide bonds. The Bertz CT molecular complexity index is 663. The number of aryl methyl sites for hydroxylation is 1. The van der Waals surface area contributed by atoms with E-state index in [2.05, 4.69) is 22.9 Å². The second-order valence-electron chi connectivity index (χ2n) is 6.80. The van der Waals surface area contributed by atoms with Crippen molar-refractivity contribution in [1.29, 1.82) is 5.41 Å². The fourth-order valence-corrected chi connectivity index (χ4v) is 3.25. The Balaban J connectivity index is 1.68. The molecule has 2 fully saturated rings. The maximum Gasteiger partial charge on any atom is 0.255 e. The molecule has 0 radical (unpaired) electrons. The third kappa shape index (κ3) is 3.67. The first-order chi connectivity index (χ1) is 11.6. The van der Waals surface area contributed by atoms with E-state index in [0.717, 1.165) is 12.6 Å². The Morgan fingerprint density at radius 3 is 2.75 bits per heavy atom. The van der Waals surface area contributed by atoms with Gasteiger partial charge in [-0.15, -0.1) is 0 Å². The van der Waals surface area contributed by atoms with Crippen molar-refractivity contribution in [2.24, 2.45) is 0 Å². The monoisotopic (exact) mass is 326 g/mol. The summed E-state index contributed by atoms with van der Waals surface area (Å²) >= 11 is 0. The Hall–Kier alpha value is -2.14. The summed E-state index contributed by atoms with van der Waals surface area (Å²) in [6.07, 6.45) is 7.83. The highest BCUT2D eigenvalue weighted by Crippen LogP contribution is 2.43. The van der Waals surface area contributed by atoms with Gasteiger partial charge in [-0.05, 0) is 49.4 Å². The molecule has 4 N–H and O–H groups in total. The van der Waals surface area contributed by atoms with Crippen molar-refractivity contribution >= 4 is 12.1 Å². The second kappa shape index (κ2) is 7.18. The first kappa shape index (κ1) is 16.7. The lowest BCUT2D eigenvalue weighted by Gasteiger charge is -2.26. The number of amides is 1. The fourth-order valence-electron chi connectivity index (χ4n) is 3.25. The molecule has 2 atom stereocenters. The molecule has 2 aliphatic rings. The molecule has 0 heterocycles. The average molecular weight is 326 g/mol. The van der Waals surface area contributed by atoms with Crippen LogP contribution in [-0.2, 0) is 0 Å². The molecule has 0 saturated heterocycles. The van der Waals surface area contributed by atoms with Crippen molar-refractivity contribution in [2.45, 2.75) is 50.6 Å². The van der Waals surface area contributed by atoms with Gasteiger partial charge in [0.05, 0.1) is 5.70 Å². The molecule has 2 unspecified atom stereocenters. The molecular weight excluding hydrogens is 300 g/mol. The zero-order valence-corrected chi connectivity index (χ0v) is 14.4. The molecule has 5 nitrogen and oxygen atoms in total. The largest absolute Gasteiger partial charge is 0.392 e. The predicted octanol–water partition coefficient (Wildman–Crippen LogP) is 2.43. The minimum Gasteiger partial charge on any atom is -0.392 e. The van der Waals surface area contributed by atoms with Crippen LogP contribution < -0.4 is 16.0 Å². The highest BCUT2D eigenvalue weighted by atomic mass is 16.1. The van der Waals surface area contributed by atoms with Gasteiger partial charge < -0.3 is 21.4 Å². The van der Waals surface area contributed by atoms with E-state index in [9.17, 15) is 4.79 Å². The molecule has 128 valence electrons. The number of benzene rings is 1. The number of allylic oxidation sites excluding steroid dienone is 1. The van der Waals surface area contributed by atoms with E-state index in [1.54, 1.807) is 13.2 Å². The van der Waals surface area contributed by atoms with Crippen LogP contribution in [0.4, 0.5) is 0 Å². The zero-order valence-electron chi connectivity index (χ0n) is 14.4. The molecule has 24 heavy (non-hydrogen) atoms. The molecular formula is C19H26N4O. The molecule has 0 bridgehead atoms. The number of hydrogen-bond acceptors (Lipinski definition) is 4. The second-order valence-corrected chi connectivity index (χ2v) is 6.80. The highest BCUT2D eigenvalue weighted by Gasteiger charge is 2.41. The van der Waals surface area contributed by atoms with E-state index in [-0.39, 0.29) is 5.91 Å². The van der Waals surface area contributed by atoms with E-state index in [1.807, 2.05) is 18.2 Å². The summed E-state index contributed by atoms with van der Waals surface area (Å²) in [5.41, 5.74) is 3.61. The van der Waals surface area contributed by atoms with Crippen LogP contribution in [0.25, 0.3) is 0 Å². The normalized spacial score (nSPS) is 23.3. The van der Waals surface area contributed by atoms with Crippen LogP contribution >= 0.6 is 0 Å². The topological polar surface area (TPSA) is 77.0 Å². The van der Waals surface area contributed by atoms with Gasteiger partial charge in [0, 0.05) is 43.0 Å². The Labute approximate surface area is 143 Å². The summed E-state index contributed by atoms with van der Waals surface area (Å²) in [6.45, 7) is 2.11. The first-order valence-electron chi connectivity index (χ1n) is 8.68. The lowest BCUT2D eigenvalue weighted by Crippen LogP contribution is -2.37. The standard InChI is InChI=1S/C19H26N4O/c1-12-6-7-13(19(24)23-15(10-20)11-21-2)8-16(12)17-9-18(17)22-14-4-3-5-14/h6-8,10-11,14,17-18,20-22H,3-5,9H2,1-2H3,(H,23,24)/b15-11+,20-10?. The van der Waals surface area contributed by atoms with E-state index in [0.29, 0.717) is 29.3 Å². The number of nitrogens with one attached hydrogen (secondary N) is 4. The number of rotatable bonds is 7. The molecule has 0 spiro atoms. The third-order valence-electron chi connectivity index (χ3n) is 5.00. The van der Waals surface area contributed by atoms with Gasteiger partial charge in [-0.25, -0.2) is 0 Å². The average Bonchev–Trinajstić information content (AvgIpc) is 3.30. The van der Waals surface area contributed by atoms with Crippen LogP contribution in [0.2, 0.25) is 0 Å². The SMILES string of the molecule is CN/C=C(\C=N)NC(=O)c1ccc(C)c(C2CC2NC2CCC2)c1. The van der Waals surface area contributed by atoms with Crippen LogP contribution in [0.3, 0.4) is 0 Å². The Morgan fingerprint density at radius 2 is 2.12 bits per heavy atom. The van der Waals surface area contributed by atoms with Crippen molar-refractivity contribution in [3.63, 3.8) is 0 Å². The van der Waals surface area contributed by atoms with E-state index < -0.39 is 0 Å². The molecule has 3 rings (SSSR count). The molecule has 0 aromatic heterocycles. The van der Waals surface area contributed by atoms with Crippen LogP contribution in [0.5, 0.6) is 0 Å². The van der Waals surface area contributed by atoms with Crippen LogP contribution in [0, 0.1) is 12.3 Å². The molecule has 1 aromatic carbocycles. The minimum atomic E-state index is -0.176. The molecule has 0 aliphatic heterocycles. The highest BCUT2D eigenvalue weighted by molar-refractivity contribution is 5.98. The summed E-state index contributed by atoms with van der Waals surface area (Å²) in [4.78, 5) is 12.4. The van der Waals surface area contributed by atoms with Crippen LogP contribution in [0.15, 0.2) is 30.1 Å². The number of carbonyl (C=O) groups is 1. The fraction of sp³-hybridized carbons (Fsp3) is 0.474. The Morgan fingerprint density at radius 1 is 1.33 bits per heavy atom. The maximum absolute atomic E-state index is 12.4. The van der Waals surface area contributed by atoms with Gasteiger partial charge in [0.2, 0.25) is 0 Å². The molecule has 2 aliphatic carbocycles. The van der Waals surface area contributed by atoms with Crippen molar-refractivity contribution < 1.29 is 4.79 Å². The van der Waals surface area contributed by atoms with Gasteiger partial charge >= 0.3 is 0 Å². The van der Waals surface area contributed by atoms with E-state index >= 15 is 0 Å². The van der Waals surface area contributed by atoms with Gasteiger partial charge in [-0.2, -0.15) is 0 Å². The van der Waals surface area contributed by atoms with Gasteiger partial charge in [-0.1, -0.05) is 12.5 Å². The summed E-state index contributed by atoms with van der Waals surface area (Å²) in [5.74, 6) is 0.346. The summed E-state index contributed by atoms with van der Waals surface area (Å²) in [5, 5.41) is 16.6. The zero-order chi connectivity index (χ0) is 17.1. The van der Waals surface area contributed by atoms with Gasteiger partial charge in [-0.3, -0.25) is 4.79 Å². The van der Waals surface area contributed by atoms with Crippen LogP contribution in [0.1, 0.15) is 53.1 Å². The van der Waals surface area contributed by atoms with Crippen molar-refractivity contribution in [3.05, 3.63) is 46.8 Å². The third-order valence-corrected chi connectivity index (χ3v) is 5.00. The molecule has 2 saturated carbocycles. The lowest BCUT2D eigenvalue weighted by atomic mass is 9.93. The number of carbonyl (C=O) groups excluding carboxylic acids is 1. The van der Waals surface area contributed by atoms with Gasteiger partial charge in [0.1, 0.15) is 0 Å². The first-order valence-corrected chi connectivity index (χ1v) is 8.68. The Kier molecular flexibility index (Phi) is 5.00. The number of hydrogen-bond donors (Lipinski definition) is 4. The predicted molar refractivity (Wildman–Crippen MR) is 96.5 cm³/mol. The lowest BCUT2D eigenvalue weighted by molar-refractivity contribution is 0.0968. The van der Waals surface area contributed by atoms with Crippen molar-refractivity contribution in [1.82, 2.24) is 16.0 Å². The van der Waals surface area contributed by atoms with Gasteiger partial charge in [0.25, 0.3) is 5.91 Å². The summed E-state index contributed by atoms with van der Waals surface area (Å²) < 4.78 is 0. The minimum absolute atomic E-state index is 0.176. The van der Waals surface area contributed by atoms with Crippen molar-refractivity contribution in [3.8, 4) is 0 Å². The molecule has 1 aromatic rings. The quantitative estimate of drug-likeness (QED) is 0.581. The summed E-state index contributed by atoms with van der Waals surface area (Å²) in [7, 11) is 1.74. The summed E-state index contributed by atoms with van der Waals surface area (Å²) in [6, 6.07) is 7.15.